The zero-order valence-electron chi connectivity index (χ0n) is 13.9. The molecule has 1 aromatic carbocycles. The van der Waals surface area contributed by atoms with E-state index in [1.165, 1.54) is 7.11 Å². The van der Waals surface area contributed by atoms with E-state index in [0.717, 1.165) is 24.2 Å². The van der Waals surface area contributed by atoms with E-state index in [0.29, 0.717) is 6.54 Å². The molecule has 1 heterocycles. The largest absolute Gasteiger partial charge is 0.497 e. The fourth-order valence-electron chi connectivity index (χ4n) is 3.01. The predicted octanol–water partition coefficient (Wildman–Crippen LogP) is 2.06. The minimum absolute atomic E-state index is 0.00974. The molecule has 1 saturated heterocycles. The quantitative estimate of drug-likeness (QED) is 0.781. The summed E-state index contributed by atoms with van der Waals surface area (Å²) < 4.78 is 5.18. The molecule has 1 aliphatic rings. The van der Waals surface area contributed by atoms with Crippen molar-refractivity contribution in [3.63, 3.8) is 0 Å². The molecular formula is C17H24N2O4. The van der Waals surface area contributed by atoms with Gasteiger partial charge in [0.05, 0.1) is 26.2 Å². The normalized spacial score (nSPS) is 20.7. The number of unbranched alkanes of at least 4 members (excludes halogenated alkanes) is 1. The lowest BCUT2D eigenvalue weighted by molar-refractivity contribution is -0.136. The Labute approximate surface area is 136 Å². The molecule has 2 atom stereocenters. The minimum atomic E-state index is -0.451. The molecule has 0 saturated carbocycles. The van der Waals surface area contributed by atoms with Crippen LogP contribution < -0.4 is 10.2 Å². The highest BCUT2D eigenvalue weighted by Gasteiger charge is 2.44. The molecule has 0 radical (unpaired) electrons. The molecule has 2 rings (SSSR count). The number of methoxy groups -OCH3 is 1. The van der Waals surface area contributed by atoms with Crippen molar-refractivity contribution in [1.29, 1.82) is 0 Å². The highest BCUT2D eigenvalue weighted by Crippen LogP contribution is 2.39. The van der Waals surface area contributed by atoms with Gasteiger partial charge in [-0.05, 0) is 24.1 Å². The molecule has 0 aromatic heterocycles. The molecule has 0 bridgehead atoms. The van der Waals surface area contributed by atoms with E-state index in [1.54, 1.807) is 7.11 Å². The third-order valence-electron chi connectivity index (χ3n) is 4.18. The fourth-order valence-corrected chi connectivity index (χ4v) is 3.01. The number of benzene rings is 1. The van der Waals surface area contributed by atoms with E-state index in [2.05, 4.69) is 12.4 Å². The van der Waals surface area contributed by atoms with Crippen LogP contribution in [-0.4, -0.2) is 37.5 Å². The van der Waals surface area contributed by atoms with E-state index in [4.69, 9.17) is 9.57 Å². The van der Waals surface area contributed by atoms with Gasteiger partial charge in [0, 0.05) is 13.0 Å². The summed E-state index contributed by atoms with van der Waals surface area (Å²) >= 11 is 0. The number of hydroxylamine groups is 1. The highest BCUT2D eigenvalue weighted by atomic mass is 16.6. The maximum absolute atomic E-state index is 12.4. The SMILES string of the molecule is CCCCN1C(=O)C[C@H](C(=O)NOC)[C@@H]1c1ccc(OC)cc1. The Morgan fingerprint density at radius 3 is 2.57 bits per heavy atom. The Morgan fingerprint density at radius 2 is 2.00 bits per heavy atom. The second-order valence-electron chi connectivity index (χ2n) is 5.64. The molecular weight excluding hydrogens is 296 g/mol. The first-order valence-electron chi connectivity index (χ1n) is 7.88. The molecule has 2 amide bonds. The Bertz CT molecular complexity index is 544. The van der Waals surface area contributed by atoms with Gasteiger partial charge in [-0.3, -0.25) is 14.4 Å². The van der Waals surface area contributed by atoms with Gasteiger partial charge in [0.2, 0.25) is 11.8 Å². The lowest BCUT2D eigenvalue weighted by Gasteiger charge is -2.28. The summed E-state index contributed by atoms with van der Waals surface area (Å²) in [5, 5.41) is 0. The first kappa shape index (κ1) is 17.3. The van der Waals surface area contributed by atoms with Gasteiger partial charge in [0.25, 0.3) is 0 Å². The van der Waals surface area contributed by atoms with Gasteiger partial charge in [-0.1, -0.05) is 25.5 Å². The number of hydrogen-bond donors (Lipinski definition) is 1. The van der Waals surface area contributed by atoms with E-state index in [1.807, 2.05) is 29.2 Å². The van der Waals surface area contributed by atoms with Gasteiger partial charge in [-0.25, -0.2) is 5.48 Å². The number of amides is 2. The van der Waals surface area contributed by atoms with Crippen LogP contribution in [0, 0.1) is 5.92 Å². The molecule has 0 unspecified atom stereocenters. The molecule has 0 spiro atoms. The lowest BCUT2D eigenvalue weighted by Crippen LogP contribution is -2.35. The Balaban J connectivity index is 2.31. The summed E-state index contributed by atoms with van der Waals surface area (Å²) in [6.45, 7) is 2.74. The number of nitrogens with zero attached hydrogens (tertiary/aromatic N) is 1. The molecule has 126 valence electrons. The van der Waals surface area contributed by atoms with Crippen LogP contribution in [-0.2, 0) is 14.4 Å². The maximum Gasteiger partial charge on any atom is 0.249 e. The van der Waals surface area contributed by atoms with Crippen molar-refractivity contribution in [3.05, 3.63) is 29.8 Å². The molecule has 6 nitrogen and oxygen atoms in total. The van der Waals surface area contributed by atoms with Crippen LogP contribution >= 0.6 is 0 Å². The molecule has 1 fully saturated rings. The van der Waals surface area contributed by atoms with Gasteiger partial charge < -0.3 is 9.64 Å². The molecule has 1 aromatic rings. The standard InChI is InChI=1S/C17H24N2O4/c1-4-5-10-19-15(20)11-14(17(21)18-23-3)16(19)12-6-8-13(22-2)9-7-12/h6-9,14,16H,4-5,10-11H2,1-3H3,(H,18,21)/t14-,16-/m0/s1. The maximum atomic E-state index is 12.4. The molecule has 1 aliphatic heterocycles. The summed E-state index contributed by atoms with van der Waals surface area (Å²) in [4.78, 5) is 31.2. The van der Waals surface area contributed by atoms with Gasteiger partial charge in [-0.2, -0.15) is 0 Å². The van der Waals surface area contributed by atoms with Gasteiger partial charge in [0.15, 0.2) is 0 Å². The monoisotopic (exact) mass is 320 g/mol. The second kappa shape index (κ2) is 7.97. The van der Waals surface area contributed by atoms with Crippen molar-refractivity contribution in [2.45, 2.75) is 32.2 Å². The van der Waals surface area contributed by atoms with E-state index in [9.17, 15) is 9.59 Å². The molecule has 0 aliphatic carbocycles. The van der Waals surface area contributed by atoms with Gasteiger partial charge in [-0.15, -0.1) is 0 Å². The first-order valence-corrected chi connectivity index (χ1v) is 7.88. The summed E-state index contributed by atoms with van der Waals surface area (Å²) in [5.41, 5.74) is 3.30. The zero-order valence-corrected chi connectivity index (χ0v) is 13.9. The number of likely N-dealkylation sites (tertiary alicyclic amines) is 1. The highest BCUT2D eigenvalue weighted by molar-refractivity contribution is 5.90. The summed E-state index contributed by atoms with van der Waals surface area (Å²) in [5.74, 6) is 0.0416. The third kappa shape index (κ3) is 3.82. The van der Waals surface area contributed by atoms with Crippen LogP contribution in [0.25, 0.3) is 0 Å². The van der Waals surface area contributed by atoms with Crippen molar-refractivity contribution in [2.75, 3.05) is 20.8 Å². The predicted molar refractivity (Wildman–Crippen MR) is 85.6 cm³/mol. The van der Waals surface area contributed by atoms with Crippen LogP contribution in [0.2, 0.25) is 0 Å². The molecule has 23 heavy (non-hydrogen) atoms. The number of rotatable bonds is 7. The summed E-state index contributed by atoms with van der Waals surface area (Å²) in [7, 11) is 3.00. The van der Waals surface area contributed by atoms with Crippen LogP contribution in [0.3, 0.4) is 0 Å². The topological polar surface area (TPSA) is 67.9 Å². The van der Waals surface area contributed by atoms with Crippen molar-refractivity contribution >= 4 is 11.8 Å². The number of carbonyl (C=O) groups excluding carboxylic acids is 2. The average Bonchev–Trinajstić information content (AvgIpc) is 2.90. The number of hydrogen-bond acceptors (Lipinski definition) is 4. The Morgan fingerprint density at radius 1 is 1.30 bits per heavy atom. The van der Waals surface area contributed by atoms with Crippen molar-refractivity contribution in [2.24, 2.45) is 5.92 Å². The molecule has 6 heteroatoms. The third-order valence-corrected chi connectivity index (χ3v) is 4.18. The van der Waals surface area contributed by atoms with E-state index >= 15 is 0 Å². The van der Waals surface area contributed by atoms with Crippen molar-refractivity contribution < 1.29 is 19.2 Å². The van der Waals surface area contributed by atoms with Gasteiger partial charge >= 0.3 is 0 Å². The van der Waals surface area contributed by atoms with Crippen LogP contribution in [0.4, 0.5) is 0 Å². The molecule has 1 N–H and O–H groups in total. The van der Waals surface area contributed by atoms with Crippen LogP contribution in [0.5, 0.6) is 5.75 Å². The average molecular weight is 320 g/mol. The Kier molecular flexibility index (Phi) is 5.98. The van der Waals surface area contributed by atoms with Crippen LogP contribution in [0.15, 0.2) is 24.3 Å². The van der Waals surface area contributed by atoms with E-state index < -0.39 is 5.92 Å². The van der Waals surface area contributed by atoms with Gasteiger partial charge in [0.1, 0.15) is 5.75 Å². The Hall–Kier alpha value is -2.08. The second-order valence-corrected chi connectivity index (χ2v) is 5.64. The minimum Gasteiger partial charge on any atom is -0.497 e. The number of ether oxygens (including phenoxy) is 1. The van der Waals surface area contributed by atoms with Crippen molar-refractivity contribution in [3.8, 4) is 5.75 Å². The fraction of sp³-hybridized carbons (Fsp3) is 0.529. The first-order chi connectivity index (χ1) is 11.1. The number of nitrogens with one attached hydrogen (secondary N) is 1. The van der Waals surface area contributed by atoms with E-state index in [-0.39, 0.29) is 24.3 Å². The van der Waals surface area contributed by atoms with Crippen LogP contribution in [0.1, 0.15) is 37.8 Å². The smallest absolute Gasteiger partial charge is 0.249 e. The summed E-state index contributed by atoms with van der Waals surface area (Å²) in [6, 6.07) is 7.25. The number of carbonyl (C=O) groups is 2. The zero-order chi connectivity index (χ0) is 16.8. The summed E-state index contributed by atoms with van der Waals surface area (Å²) in [6.07, 6.45) is 2.11. The lowest BCUT2D eigenvalue weighted by atomic mass is 9.93. The van der Waals surface area contributed by atoms with Crippen molar-refractivity contribution in [1.82, 2.24) is 10.4 Å².